The van der Waals surface area contributed by atoms with Crippen LogP contribution in [0.15, 0.2) is 53.1 Å². The van der Waals surface area contributed by atoms with Crippen molar-refractivity contribution in [2.75, 3.05) is 6.54 Å². The molecule has 2 aromatic carbocycles. The number of hydrogen-bond acceptors (Lipinski definition) is 6. The van der Waals surface area contributed by atoms with Crippen LogP contribution in [0.1, 0.15) is 35.1 Å². The number of nitrogens with zero attached hydrogens (tertiary/aromatic N) is 4. The molecule has 28 heavy (non-hydrogen) atoms. The molecule has 1 fully saturated rings. The summed E-state index contributed by atoms with van der Waals surface area (Å²) in [4.78, 5) is 29.3. The van der Waals surface area contributed by atoms with Crippen LogP contribution < -0.4 is 0 Å². The Morgan fingerprint density at radius 3 is 2.75 bits per heavy atom. The topological polar surface area (TPSA) is 102 Å². The van der Waals surface area contributed by atoms with E-state index in [1.165, 1.54) is 24.3 Å². The van der Waals surface area contributed by atoms with E-state index < -0.39 is 4.92 Å². The molecule has 1 atom stereocenters. The van der Waals surface area contributed by atoms with E-state index in [2.05, 4.69) is 10.1 Å². The maximum atomic E-state index is 12.9. The maximum Gasteiger partial charge on any atom is 0.269 e. The monoisotopic (exact) mass is 398 g/mol. The van der Waals surface area contributed by atoms with Crippen molar-refractivity contribution < 1.29 is 14.2 Å². The van der Waals surface area contributed by atoms with Gasteiger partial charge in [-0.1, -0.05) is 28.9 Å². The fraction of sp³-hybridized carbons (Fsp3) is 0.211. The Morgan fingerprint density at radius 2 is 2.04 bits per heavy atom. The molecular formula is C19H15ClN4O4. The Kier molecular flexibility index (Phi) is 4.79. The number of likely N-dealkylation sites (tertiary alicyclic amines) is 1. The van der Waals surface area contributed by atoms with Gasteiger partial charge in [-0.3, -0.25) is 14.9 Å². The molecular weight excluding hydrogens is 384 g/mol. The lowest BCUT2D eigenvalue weighted by atomic mass is 10.1. The van der Waals surface area contributed by atoms with Crippen molar-refractivity contribution in [3.05, 3.63) is 75.1 Å². The number of carbonyl (C=O) groups excluding carboxylic acids is 1. The minimum Gasteiger partial charge on any atom is -0.337 e. The largest absolute Gasteiger partial charge is 0.337 e. The molecule has 1 aliphatic rings. The lowest BCUT2D eigenvalue weighted by molar-refractivity contribution is -0.384. The summed E-state index contributed by atoms with van der Waals surface area (Å²) in [6.07, 6.45) is 1.51. The van der Waals surface area contributed by atoms with Gasteiger partial charge in [0.1, 0.15) is 6.04 Å². The van der Waals surface area contributed by atoms with Gasteiger partial charge in [0, 0.05) is 34.8 Å². The van der Waals surface area contributed by atoms with Crippen molar-refractivity contribution in [3.8, 4) is 11.4 Å². The Balaban J connectivity index is 1.57. The number of aromatic nitrogens is 2. The van der Waals surface area contributed by atoms with Crippen LogP contribution in [-0.2, 0) is 0 Å². The van der Waals surface area contributed by atoms with Crippen molar-refractivity contribution in [1.29, 1.82) is 0 Å². The Bertz CT molecular complexity index is 1030. The summed E-state index contributed by atoms with van der Waals surface area (Å²) in [7, 11) is 0. The first kappa shape index (κ1) is 18.1. The number of nitro benzene ring substituents is 1. The normalized spacial score (nSPS) is 16.3. The first-order valence-corrected chi connectivity index (χ1v) is 9.06. The summed E-state index contributed by atoms with van der Waals surface area (Å²) in [6, 6.07) is 12.4. The molecule has 0 bridgehead atoms. The van der Waals surface area contributed by atoms with Crippen LogP contribution in [0, 0.1) is 10.1 Å². The SMILES string of the molecule is O=C(c1ccc([N+](=O)[O-])cc1)N1CCCC1c1nc(-c2cccc(Cl)c2)no1. The second-order valence-electron chi connectivity index (χ2n) is 6.43. The molecule has 0 N–H and O–H groups in total. The van der Waals surface area contributed by atoms with Gasteiger partial charge in [0.25, 0.3) is 11.6 Å². The van der Waals surface area contributed by atoms with Crippen LogP contribution in [0.4, 0.5) is 5.69 Å². The molecule has 1 saturated heterocycles. The van der Waals surface area contributed by atoms with Gasteiger partial charge in [-0.05, 0) is 37.1 Å². The van der Waals surface area contributed by atoms with Crippen LogP contribution in [0.3, 0.4) is 0 Å². The number of halogens is 1. The molecule has 3 aromatic rings. The van der Waals surface area contributed by atoms with Crippen LogP contribution in [0.25, 0.3) is 11.4 Å². The molecule has 1 aromatic heterocycles. The van der Waals surface area contributed by atoms with Crippen molar-refractivity contribution in [2.45, 2.75) is 18.9 Å². The van der Waals surface area contributed by atoms with Gasteiger partial charge >= 0.3 is 0 Å². The second-order valence-corrected chi connectivity index (χ2v) is 6.86. The molecule has 1 aliphatic heterocycles. The van der Waals surface area contributed by atoms with Crippen LogP contribution in [-0.4, -0.2) is 32.4 Å². The average molecular weight is 399 g/mol. The maximum absolute atomic E-state index is 12.9. The summed E-state index contributed by atoms with van der Waals surface area (Å²) in [5.74, 6) is 0.551. The number of amides is 1. The summed E-state index contributed by atoms with van der Waals surface area (Å²) in [5, 5.41) is 15.4. The zero-order chi connectivity index (χ0) is 19.7. The lowest BCUT2D eigenvalue weighted by Gasteiger charge is -2.21. The van der Waals surface area contributed by atoms with E-state index in [-0.39, 0.29) is 17.6 Å². The highest BCUT2D eigenvalue weighted by Crippen LogP contribution is 2.33. The second kappa shape index (κ2) is 7.40. The standard InChI is InChI=1S/C19H15ClN4O4/c20-14-4-1-3-13(11-14)17-21-18(28-22-17)16-5-2-10-23(16)19(25)12-6-8-15(9-7-12)24(26)27/h1,3-4,6-9,11,16H,2,5,10H2. The van der Waals surface area contributed by atoms with Crippen LogP contribution in [0.2, 0.25) is 5.02 Å². The third-order valence-corrected chi connectivity index (χ3v) is 4.88. The van der Waals surface area contributed by atoms with Crippen LogP contribution >= 0.6 is 11.6 Å². The molecule has 1 unspecified atom stereocenters. The van der Waals surface area contributed by atoms with E-state index in [9.17, 15) is 14.9 Å². The van der Waals surface area contributed by atoms with E-state index in [1.54, 1.807) is 23.1 Å². The number of rotatable bonds is 4. The summed E-state index contributed by atoms with van der Waals surface area (Å²) in [6.45, 7) is 0.551. The van der Waals surface area contributed by atoms with Crippen LogP contribution in [0.5, 0.6) is 0 Å². The Labute approximate surface area is 164 Å². The summed E-state index contributed by atoms with van der Waals surface area (Å²) < 4.78 is 5.42. The van der Waals surface area contributed by atoms with E-state index in [4.69, 9.17) is 16.1 Å². The number of non-ortho nitro benzene ring substituents is 1. The molecule has 0 aliphatic carbocycles. The smallest absolute Gasteiger partial charge is 0.269 e. The zero-order valence-corrected chi connectivity index (χ0v) is 15.4. The molecule has 2 heterocycles. The van der Waals surface area contributed by atoms with E-state index >= 15 is 0 Å². The van der Waals surface area contributed by atoms with E-state index in [0.29, 0.717) is 35.3 Å². The van der Waals surface area contributed by atoms with E-state index in [0.717, 1.165) is 12.0 Å². The third-order valence-electron chi connectivity index (χ3n) is 4.65. The van der Waals surface area contributed by atoms with Gasteiger partial charge in [-0.2, -0.15) is 4.98 Å². The fourth-order valence-electron chi connectivity index (χ4n) is 3.27. The van der Waals surface area contributed by atoms with Gasteiger partial charge < -0.3 is 9.42 Å². The molecule has 0 radical (unpaired) electrons. The molecule has 142 valence electrons. The minimum absolute atomic E-state index is 0.0578. The highest BCUT2D eigenvalue weighted by atomic mass is 35.5. The molecule has 9 heteroatoms. The van der Waals surface area contributed by atoms with Gasteiger partial charge in [0.05, 0.1) is 4.92 Å². The van der Waals surface area contributed by atoms with Gasteiger partial charge in [0.2, 0.25) is 11.7 Å². The number of carbonyl (C=O) groups is 1. The van der Waals surface area contributed by atoms with Gasteiger partial charge in [-0.25, -0.2) is 0 Å². The first-order chi connectivity index (χ1) is 13.5. The van der Waals surface area contributed by atoms with Crippen molar-refractivity contribution in [3.63, 3.8) is 0 Å². The van der Waals surface area contributed by atoms with Crippen molar-refractivity contribution in [2.24, 2.45) is 0 Å². The third kappa shape index (κ3) is 3.46. The Morgan fingerprint density at radius 1 is 1.25 bits per heavy atom. The van der Waals surface area contributed by atoms with E-state index in [1.807, 2.05) is 6.07 Å². The number of nitro groups is 1. The van der Waals surface area contributed by atoms with Gasteiger partial charge in [0.15, 0.2) is 0 Å². The highest BCUT2D eigenvalue weighted by molar-refractivity contribution is 6.30. The van der Waals surface area contributed by atoms with Crippen molar-refractivity contribution in [1.82, 2.24) is 15.0 Å². The molecule has 1 amide bonds. The predicted molar refractivity (Wildman–Crippen MR) is 101 cm³/mol. The summed E-state index contributed by atoms with van der Waals surface area (Å²) >= 11 is 6.01. The zero-order valence-electron chi connectivity index (χ0n) is 14.6. The number of hydrogen-bond donors (Lipinski definition) is 0. The minimum atomic E-state index is -0.497. The van der Waals surface area contributed by atoms with Gasteiger partial charge in [-0.15, -0.1) is 0 Å². The Hall–Kier alpha value is -3.26. The molecule has 8 nitrogen and oxygen atoms in total. The fourth-order valence-corrected chi connectivity index (χ4v) is 3.46. The van der Waals surface area contributed by atoms with Crippen molar-refractivity contribution >= 4 is 23.2 Å². The average Bonchev–Trinajstić information content (AvgIpc) is 3.37. The highest BCUT2D eigenvalue weighted by Gasteiger charge is 2.34. The molecule has 0 saturated carbocycles. The molecule has 0 spiro atoms. The quantitative estimate of drug-likeness (QED) is 0.480. The predicted octanol–water partition coefficient (Wildman–Crippen LogP) is 4.28. The lowest BCUT2D eigenvalue weighted by Crippen LogP contribution is -2.30. The number of benzene rings is 2. The summed E-state index contributed by atoms with van der Waals surface area (Å²) in [5.41, 5.74) is 1.05. The first-order valence-electron chi connectivity index (χ1n) is 8.68. The molecule has 4 rings (SSSR count).